The fourth-order valence-corrected chi connectivity index (χ4v) is 3.84. The molecule has 0 spiro atoms. The van der Waals surface area contributed by atoms with E-state index >= 15 is 0 Å². The van der Waals surface area contributed by atoms with Gasteiger partial charge in [0.15, 0.2) is 0 Å². The summed E-state index contributed by atoms with van der Waals surface area (Å²) >= 11 is 9.55. The number of hydrogen-bond donors (Lipinski definition) is 0. The lowest BCUT2D eigenvalue weighted by molar-refractivity contribution is 0.296. The van der Waals surface area contributed by atoms with E-state index in [0.29, 0.717) is 17.5 Å². The molecule has 3 aromatic carbocycles. The molecule has 4 aromatic rings. The van der Waals surface area contributed by atoms with Crippen LogP contribution in [0.15, 0.2) is 77.3 Å². The van der Waals surface area contributed by atoms with Crippen LogP contribution in [-0.2, 0) is 13.2 Å². The van der Waals surface area contributed by atoms with Crippen molar-refractivity contribution in [2.45, 2.75) is 13.2 Å². The van der Waals surface area contributed by atoms with Crippen molar-refractivity contribution in [1.29, 1.82) is 0 Å². The molecule has 0 atom stereocenters. The lowest BCUT2D eigenvalue weighted by Crippen LogP contribution is -2.10. The Balaban J connectivity index is 1.71. The molecule has 4 rings (SSSR count). The van der Waals surface area contributed by atoms with Gasteiger partial charge in [0.1, 0.15) is 6.61 Å². The topological polar surface area (TPSA) is 25.4 Å². The molecule has 0 saturated heterocycles. The third-order valence-corrected chi connectivity index (χ3v) is 5.54. The van der Waals surface area contributed by atoms with Crippen molar-refractivity contribution >= 4 is 38.4 Å². The number of ether oxygens (including phenoxy) is 1. The summed E-state index contributed by atoms with van der Waals surface area (Å²) in [7, 11) is 4.14. The van der Waals surface area contributed by atoms with Gasteiger partial charge in [-0.15, -0.1) is 0 Å². The van der Waals surface area contributed by atoms with E-state index in [1.807, 2.05) is 36.4 Å². The van der Waals surface area contributed by atoms with Crippen molar-refractivity contribution in [2.24, 2.45) is 0 Å². The molecule has 1 heterocycles. The number of hydrogen-bond acceptors (Lipinski definition) is 3. The quantitative estimate of drug-likeness (QED) is 0.298. The summed E-state index contributed by atoms with van der Waals surface area (Å²) in [4.78, 5) is 6.98. The minimum absolute atomic E-state index is 0.428. The summed E-state index contributed by atoms with van der Waals surface area (Å²) in [5, 5.41) is 1.78. The SMILES string of the molecule is CN(C)Cc1ccc(-c2cc3cc(Br)ccc3nc2OCc2ccc(Cl)cc2)cc1. The molecular weight excluding hydrogens is 460 g/mol. The number of pyridine rings is 1. The molecule has 0 saturated carbocycles. The normalized spacial score (nSPS) is 11.2. The first-order chi connectivity index (χ1) is 14.5. The number of fused-ring (bicyclic) bond motifs is 1. The fourth-order valence-electron chi connectivity index (χ4n) is 3.33. The van der Waals surface area contributed by atoms with E-state index in [2.05, 4.69) is 71.3 Å². The Labute approximate surface area is 190 Å². The van der Waals surface area contributed by atoms with Crippen LogP contribution >= 0.6 is 27.5 Å². The number of nitrogens with zero attached hydrogens (tertiary/aromatic N) is 2. The number of rotatable bonds is 6. The Kier molecular flexibility index (Phi) is 6.38. The minimum Gasteiger partial charge on any atom is -0.472 e. The minimum atomic E-state index is 0.428. The zero-order valence-corrected chi connectivity index (χ0v) is 19.2. The van der Waals surface area contributed by atoms with Crippen LogP contribution in [0.4, 0.5) is 0 Å². The van der Waals surface area contributed by atoms with Gasteiger partial charge in [0, 0.05) is 27.0 Å². The first kappa shape index (κ1) is 20.9. The molecule has 152 valence electrons. The van der Waals surface area contributed by atoms with Gasteiger partial charge in [0.2, 0.25) is 5.88 Å². The maximum atomic E-state index is 6.18. The van der Waals surface area contributed by atoms with Crippen LogP contribution in [-0.4, -0.2) is 24.0 Å². The third-order valence-electron chi connectivity index (χ3n) is 4.79. The predicted octanol–water partition coefficient (Wildman–Crippen LogP) is 6.96. The Hall–Kier alpha value is -2.40. The highest BCUT2D eigenvalue weighted by atomic mass is 79.9. The average molecular weight is 482 g/mol. The highest BCUT2D eigenvalue weighted by molar-refractivity contribution is 9.10. The van der Waals surface area contributed by atoms with Crippen LogP contribution in [0.2, 0.25) is 5.02 Å². The van der Waals surface area contributed by atoms with E-state index in [1.165, 1.54) is 5.56 Å². The van der Waals surface area contributed by atoms with Crippen molar-refractivity contribution < 1.29 is 4.74 Å². The Morgan fingerprint density at radius 3 is 2.30 bits per heavy atom. The van der Waals surface area contributed by atoms with Crippen molar-refractivity contribution in [3.05, 3.63) is 93.4 Å². The molecule has 0 N–H and O–H groups in total. The highest BCUT2D eigenvalue weighted by Crippen LogP contribution is 2.33. The Morgan fingerprint density at radius 1 is 0.900 bits per heavy atom. The standard InChI is InChI=1S/C25H22BrClN2O/c1-29(2)15-17-3-7-19(8-4-17)23-14-20-13-21(26)9-12-24(20)28-25(23)30-16-18-5-10-22(27)11-6-18/h3-14H,15-16H2,1-2H3. The number of aromatic nitrogens is 1. The first-order valence-electron chi connectivity index (χ1n) is 9.69. The third kappa shape index (κ3) is 5.01. The van der Waals surface area contributed by atoms with Crippen LogP contribution in [0, 0.1) is 0 Å². The van der Waals surface area contributed by atoms with E-state index in [4.69, 9.17) is 21.3 Å². The van der Waals surface area contributed by atoms with Crippen molar-refractivity contribution in [2.75, 3.05) is 14.1 Å². The second-order valence-corrected chi connectivity index (χ2v) is 8.88. The van der Waals surface area contributed by atoms with Gasteiger partial charge < -0.3 is 9.64 Å². The van der Waals surface area contributed by atoms with Gasteiger partial charge in [0.25, 0.3) is 0 Å². The summed E-state index contributed by atoms with van der Waals surface area (Å²) < 4.78 is 7.20. The second kappa shape index (κ2) is 9.17. The van der Waals surface area contributed by atoms with Gasteiger partial charge in [-0.1, -0.05) is 63.9 Å². The molecule has 0 amide bonds. The molecule has 30 heavy (non-hydrogen) atoms. The number of benzene rings is 3. The largest absolute Gasteiger partial charge is 0.472 e. The van der Waals surface area contributed by atoms with E-state index in [9.17, 15) is 0 Å². The highest BCUT2D eigenvalue weighted by Gasteiger charge is 2.12. The zero-order valence-electron chi connectivity index (χ0n) is 16.9. The molecule has 0 aliphatic heterocycles. The summed E-state index contributed by atoms with van der Waals surface area (Å²) in [5.41, 5.74) is 5.27. The van der Waals surface area contributed by atoms with E-state index < -0.39 is 0 Å². The molecule has 3 nitrogen and oxygen atoms in total. The molecule has 0 fully saturated rings. The van der Waals surface area contributed by atoms with Gasteiger partial charge in [0.05, 0.1) is 5.52 Å². The molecule has 0 radical (unpaired) electrons. The first-order valence-corrected chi connectivity index (χ1v) is 10.9. The van der Waals surface area contributed by atoms with Crippen LogP contribution in [0.1, 0.15) is 11.1 Å². The van der Waals surface area contributed by atoms with Crippen molar-refractivity contribution in [1.82, 2.24) is 9.88 Å². The summed E-state index contributed by atoms with van der Waals surface area (Å²) in [6, 6.07) is 24.5. The fraction of sp³-hybridized carbons (Fsp3) is 0.160. The summed E-state index contributed by atoms with van der Waals surface area (Å²) in [6.45, 7) is 1.33. The van der Waals surface area contributed by atoms with Crippen LogP contribution in [0.25, 0.3) is 22.0 Å². The maximum Gasteiger partial charge on any atom is 0.222 e. The summed E-state index contributed by atoms with van der Waals surface area (Å²) in [6.07, 6.45) is 0. The lowest BCUT2D eigenvalue weighted by atomic mass is 10.0. The Bertz CT molecular complexity index is 1160. The zero-order chi connectivity index (χ0) is 21.1. The smallest absolute Gasteiger partial charge is 0.222 e. The van der Waals surface area contributed by atoms with Crippen LogP contribution in [0.5, 0.6) is 5.88 Å². The average Bonchev–Trinajstić information content (AvgIpc) is 2.73. The lowest BCUT2D eigenvalue weighted by Gasteiger charge is -2.14. The monoisotopic (exact) mass is 480 g/mol. The van der Waals surface area contributed by atoms with E-state index in [0.717, 1.165) is 38.6 Å². The van der Waals surface area contributed by atoms with E-state index in [1.54, 1.807) is 0 Å². The van der Waals surface area contributed by atoms with Crippen LogP contribution < -0.4 is 4.74 Å². The van der Waals surface area contributed by atoms with Gasteiger partial charge >= 0.3 is 0 Å². The van der Waals surface area contributed by atoms with Gasteiger partial charge in [-0.3, -0.25) is 0 Å². The van der Waals surface area contributed by atoms with Crippen molar-refractivity contribution in [3.8, 4) is 17.0 Å². The molecular formula is C25H22BrClN2O. The molecule has 0 aliphatic rings. The molecule has 5 heteroatoms. The maximum absolute atomic E-state index is 6.18. The Morgan fingerprint density at radius 2 is 1.60 bits per heavy atom. The molecule has 0 unspecified atom stereocenters. The molecule has 0 bridgehead atoms. The van der Waals surface area contributed by atoms with E-state index in [-0.39, 0.29) is 0 Å². The predicted molar refractivity (Wildman–Crippen MR) is 128 cm³/mol. The molecule has 0 aliphatic carbocycles. The van der Waals surface area contributed by atoms with Crippen LogP contribution in [0.3, 0.4) is 0 Å². The van der Waals surface area contributed by atoms with Gasteiger partial charge in [-0.05, 0) is 67.2 Å². The van der Waals surface area contributed by atoms with Crippen molar-refractivity contribution in [3.63, 3.8) is 0 Å². The molecule has 1 aromatic heterocycles. The second-order valence-electron chi connectivity index (χ2n) is 7.53. The summed E-state index contributed by atoms with van der Waals surface area (Å²) in [5.74, 6) is 0.625. The van der Waals surface area contributed by atoms with Gasteiger partial charge in [-0.2, -0.15) is 0 Å². The number of halogens is 2. The van der Waals surface area contributed by atoms with Gasteiger partial charge in [-0.25, -0.2) is 4.98 Å².